The fourth-order valence-corrected chi connectivity index (χ4v) is 2.10. The topological polar surface area (TPSA) is 30.7 Å². The van der Waals surface area contributed by atoms with E-state index in [2.05, 4.69) is 40.1 Å². The summed E-state index contributed by atoms with van der Waals surface area (Å²) in [6.45, 7) is 5.36. The maximum atomic E-state index is 4.14. The molecule has 14 heavy (non-hydrogen) atoms. The lowest BCUT2D eigenvalue weighted by Gasteiger charge is -2.07. The third-order valence-electron chi connectivity index (χ3n) is 1.92. The van der Waals surface area contributed by atoms with Gasteiger partial charge in [0.1, 0.15) is 6.33 Å². The van der Waals surface area contributed by atoms with Gasteiger partial charge in [-0.1, -0.05) is 19.9 Å². The summed E-state index contributed by atoms with van der Waals surface area (Å²) in [5, 5.41) is 10.1. The molecule has 2 aromatic rings. The first-order chi connectivity index (χ1) is 6.77. The summed E-state index contributed by atoms with van der Waals surface area (Å²) in [6.07, 6.45) is 1.80. The predicted octanol–water partition coefficient (Wildman–Crippen LogP) is 2.66. The van der Waals surface area contributed by atoms with Gasteiger partial charge in [0.15, 0.2) is 5.82 Å². The van der Waals surface area contributed by atoms with Crippen molar-refractivity contribution < 1.29 is 0 Å². The summed E-state index contributed by atoms with van der Waals surface area (Å²) in [7, 11) is 0. The zero-order valence-electron chi connectivity index (χ0n) is 8.34. The Morgan fingerprint density at radius 2 is 2.36 bits per heavy atom. The highest BCUT2D eigenvalue weighted by atomic mass is 32.1. The molecule has 4 heteroatoms. The lowest BCUT2D eigenvalue weighted by Crippen LogP contribution is -2.04. The quantitative estimate of drug-likeness (QED) is 0.774. The Morgan fingerprint density at radius 1 is 1.50 bits per heavy atom. The molecule has 0 aliphatic rings. The standard InChI is InChI=1S/C10H13N3S/c1-8(2)6-13-7-11-12-10(13)9-4-3-5-14-9/h3-5,7-8H,6H2,1-2H3. The summed E-state index contributed by atoms with van der Waals surface area (Å²) in [6, 6.07) is 4.11. The second-order valence-electron chi connectivity index (χ2n) is 3.68. The molecule has 0 radical (unpaired) electrons. The van der Waals surface area contributed by atoms with Crippen LogP contribution in [0.1, 0.15) is 13.8 Å². The van der Waals surface area contributed by atoms with Gasteiger partial charge in [-0.3, -0.25) is 0 Å². The summed E-state index contributed by atoms with van der Waals surface area (Å²) in [5.41, 5.74) is 0. The second-order valence-corrected chi connectivity index (χ2v) is 4.63. The first kappa shape index (κ1) is 9.40. The number of hydrogen-bond donors (Lipinski definition) is 0. The van der Waals surface area contributed by atoms with Gasteiger partial charge < -0.3 is 4.57 Å². The van der Waals surface area contributed by atoms with E-state index in [-0.39, 0.29) is 0 Å². The van der Waals surface area contributed by atoms with Crippen molar-refractivity contribution in [2.45, 2.75) is 20.4 Å². The zero-order valence-corrected chi connectivity index (χ0v) is 9.16. The van der Waals surface area contributed by atoms with Crippen LogP contribution in [0.25, 0.3) is 10.7 Å². The molecule has 2 heterocycles. The molecule has 0 N–H and O–H groups in total. The highest BCUT2D eigenvalue weighted by Crippen LogP contribution is 2.22. The molecule has 3 nitrogen and oxygen atoms in total. The van der Waals surface area contributed by atoms with Gasteiger partial charge in [0.05, 0.1) is 4.88 Å². The van der Waals surface area contributed by atoms with Crippen LogP contribution in [0, 0.1) is 5.92 Å². The van der Waals surface area contributed by atoms with Crippen molar-refractivity contribution in [2.75, 3.05) is 0 Å². The van der Waals surface area contributed by atoms with Gasteiger partial charge in [0.25, 0.3) is 0 Å². The van der Waals surface area contributed by atoms with Crippen molar-refractivity contribution in [3.63, 3.8) is 0 Å². The monoisotopic (exact) mass is 207 g/mol. The minimum atomic E-state index is 0.615. The maximum Gasteiger partial charge on any atom is 0.173 e. The first-order valence-corrected chi connectivity index (χ1v) is 5.57. The van der Waals surface area contributed by atoms with Crippen LogP contribution in [0.5, 0.6) is 0 Å². The molecule has 0 atom stereocenters. The van der Waals surface area contributed by atoms with Crippen LogP contribution in [0.2, 0.25) is 0 Å². The number of nitrogens with zero attached hydrogens (tertiary/aromatic N) is 3. The van der Waals surface area contributed by atoms with Crippen LogP contribution in [-0.4, -0.2) is 14.8 Å². The number of aromatic nitrogens is 3. The van der Waals surface area contributed by atoms with Gasteiger partial charge >= 0.3 is 0 Å². The number of thiophene rings is 1. The van der Waals surface area contributed by atoms with Crippen molar-refractivity contribution in [2.24, 2.45) is 5.92 Å². The zero-order chi connectivity index (χ0) is 9.97. The Bertz CT molecular complexity index is 389. The van der Waals surface area contributed by atoms with E-state index < -0.39 is 0 Å². The average Bonchev–Trinajstić information content (AvgIpc) is 2.70. The Balaban J connectivity index is 2.30. The molecule has 0 spiro atoms. The van der Waals surface area contributed by atoms with E-state index in [0.29, 0.717) is 5.92 Å². The molecule has 0 fully saturated rings. The molecule has 2 aromatic heterocycles. The Morgan fingerprint density at radius 3 is 3.00 bits per heavy atom. The van der Waals surface area contributed by atoms with Crippen molar-refractivity contribution in [3.8, 4) is 10.7 Å². The van der Waals surface area contributed by atoms with Crippen LogP contribution < -0.4 is 0 Å². The summed E-state index contributed by atoms with van der Waals surface area (Å²) in [5.74, 6) is 1.60. The van der Waals surface area contributed by atoms with Crippen molar-refractivity contribution in [1.82, 2.24) is 14.8 Å². The van der Waals surface area contributed by atoms with E-state index in [1.165, 1.54) is 4.88 Å². The Labute approximate surface area is 87.4 Å². The van der Waals surface area contributed by atoms with Gasteiger partial charge in [0, 0.05) is 6.54 Å². The van der Waals surface area contributed by atoms with Crippen molar-refractivity contribution in [3.05, 3.63) is 23.8 Å². The highest BCUT2D eigenvalue weighted by Gasteiger charge is 2.08. The van der Waals surface area contributed by atoms with E-state index in [4.69, 9.17) is 0 Å². The van der Waals surface area contributed by atoms with Crippen molar-refractivity contribution in [1.29, 1.82) is 0 Å². The van der Waals surface area contributed by atoms with Gasteiger partial charge in [-0.15, -0.1) is 21.5 Å². The molecule has 0 saturated heterocycles. The Kier molecular flexibility index (Phi) is 2.63. The molecule has 0 aromatic carbocycles. The van der Waals surface area contributed by atoms with Crippen LogP contribution in [-0.2, 0) is 6.54 Å². The SMILES string of the molecule is CC(C)Cn1cnnc1-c1cccs1. The molecule has 0 aliphatic heterocycles. The normalized spacial score (nSPS) is 11.1. The van der Waals surface area contributed by atoms with E-state index in [1.807, 2.05) is 6.07 Å². The lowest BCUT2D eigenvalue weighted by molar-refractivity contribution is 0.525. The highest BCUT2D eigenvalue weighted by molar-refractivity contribution is 7.13. The molecular formula is C10H13N3S. The third-order valence-corrected chi connectivity index (χ3v) is 2.78. The predicted molar refractivity (Wildman–Crippen MR) is 58.2 cm³/mol. The number of hydrogen-bond acceptors (Lipinski definition) is 3. The summed E-state index contributed by atoms with van der Waals surface area (Å²) in [4.78, 5) is 1.18. The van der Waals surface area contributed by atoms with Crippen LogP contribution in [0.3, 0.4) is 0 Å². The smallest absolute Gasteiger partial charge is 0.173 e. The van der Waals surface area contributed by atoms with Gasteiger partial charge in [-0.2, -0.15) is 0 Å². The fourth-order valence-electron chi connectivity index (χ4n) is 1.38. The second kappa shape index (κ2) is 3.92. The summed E-state index contributed by atoms with van der Waals surface area (Å²) < 4.78 is 2.11. The van der Waals surface area contributed by atoms with Crippen LogP contribution >= 0.6 is 11.3 Å². The molecule has 0 saturated carbocycles. The largest absolute Gasteiger partial charge is 0.313 e. The van der Waals surface area contributed by atoms with Gasteiger partial charge in [0.2, 0.25) is 0 Å². The van der Waals surface area contributed by atoms with E-state index >= 15 is 0 Å². The Hall–Kier alpha value is -1.16. The molecule has 0 unspecified atom stereocenters. The van der Waals surface area contributed by atoms with Gasteiger partial charge in [-0.25, -0.2) is 0 Å². The fraction of sp³-hybridized carbons (Fsp3) is 0.400. The number of rotatable bonds is 3. The van der Waals surface area contributed by atoms with E-state index in [0.717, 1.165) is 12.4 Å². The van der Waals surface area contributed by atoms with Crippen LogP contribution in [0.4, 0.5) is 0 Å². The maximum absolute atomic E-state index is 4.14. The van der Waals surface area contributed by atoms with E-state index in [1.54, 1.807) is 17.7 Å². The van der Waals surface area contributed by atoms with Crippen molar-refractivity contribution >= 4 is 11.3 Å². The first-order valence-electron chi connectivity index (χ1n) is 4.69. The molecule has 0 aliphatic carbocycles. The third kappa shape index (κ3) is 1.85. The average molecular weight is 207 g/mol. The molecular weight excluding hydrogens is 194 g/mol. The molecule has 0 bridgehead atoms. The molecule has 0 amide bonds. The lowest BCUT2D eigenvalue weighted by atomic mass is 10.2. The molecule has 2 rings (SSSR count). The van der Waals surface area contributed by atoms with Crippen LogP contribution in [0.15, 0.2) is 23.8 Å². The minimum Gasteiger partial charge on any atom is -0.313 e. The van der Waals surface area contributed by atoms with Gasteiger partial charge in [-0.05, 0) is 17.4 Å². The van der Waals surface area contributed by atoms with E-state index in [9.17, 15) is 0 Å². The summed E-state index contributed by atoms with van der Waals surface area (Å²) >= 11 is 1.70. The minimum absolute atomic E-state index is 0.615. The molecule has 74 valence electrons.